The fourth-order valence-electron chi connectivity index (χ4n) is 3.21. The highest BCUT2D eigenvalue weighted by Crippen LogP contribution is 2.28. The van der Waals surface area contributed by atoms with Gasteiger partial charge in [0.2, 0.25) is 0 Å². The molecule has 0 saturated heterocycles. The highest BCUT2D eigenvalue weighted by atomic mass is 16.6. The Labute approximate surface area is 188 Å². The highest BCUT2D eigenvalue weighted by molar-refractivity contribution is 6.08. The lowest BCUT2D eigenvalue weighted by molar-refractivity contribution is 0.0523. The number of ether oxygens (including phenoxy) is 2. The Morgan fingerprint density at radius 2 is 1.47 bits per heavy atom. The number of amides is 2. The number of benzene rings is 3. The molecule has 0 bridgehead atoms. The standard InChI is InChI=1S/C26H28N2O4/c1-26(2,3)32-25(30)27-17-18-9-5-6-10-21(18)22-11-7-8-12-23(22)24(29)28-19-13-15-20(31-4)16-14-19/h5-16H,17H2,1-4H3,(H,27,30)(H,28,29). The first-order valence-corrected chi connectivity index (χ1v) is 10.4. The third-order valence-electron chi connectivity index (χ3n) is 4.65. The fourth-order valence-corrected chi connectivity index (χ4v) is 3.21. The molecular weight excluding hydrogens is 404 g/mol. The predicted molar refractivity (Wildman–Crippen MR) is 126 cm³/mol. The van der Waals surface area contributed by atoms with Gasteiger partial charge in [0.25, 0.3) is 5.91 Å². The first-order chi connectivity index (χ1) is 15.3. The van der Waals surface area contributed by atoms with Crippen LogP contribution >= 0.6 is 0 Å². The zero-order valence-electron chi connectivity index (χ0n) is 18.8. The maximum Gasteiger partial charge on any atom is 0.407 e. The average molecular weight is 433 g/mol. The van der Waals surface area contributed by atoms with E-state index in [4.69, 9.17) is 9.47 Å². The summed E-state index contributed by atoms with van der Waals surface area (Å²) < 4.78 is 10.5. The van der Waals surface area contributed by atoms with Gasteiger partial charge < -0.3 is 20.1 Å². The van der Waals surface area contributed by atoms with Crippen LogP contribution in [-0.2, 0) is 11.3 Å². The summed E-state index contributed by atoms with van der Waals surface area (Å²) in [5.41, 5.74) is 3.15. The first kappa shape index (κ1) is 22.9. The summed E-state index contributed by atoms with van der Waals surface area (Å²) in [6, 6.07) is 22.2. The normalized spacial score (nSPS) is 10.9. The van der Waals surface area contributed by atoms with Crippen molar-refractivity contribution in [2.45, 2.75) is 32.9 Å². The highest BCUT2D eigenvalue weighted by Gasteiger charge is 2.18. The van der Waals surface area contributed by atoms with Gasteiger partial charge in [-0.25, -0.2) is 4.79 Å². The van der Waals surface area contributed by atoms with Gasteiger partial charge in [-0.05, 0) is 67.8 Å². The third-order valence-corrected chi connectivity index (χ3v) is 4.65. The lowest BCUT2D eigenvalue weighted by Crippen LogP contribution is -2.32. The molecule has 3 aromatic rings. The number of nitrogens with one attached hydrogen (secondary N) is 2. The van der Waals surface area contributed by atoms with Crippen molar-refractivity contribution < 1.29 is 19.1 Å². The smallest absolute Gasteiger partial charge is 0.407 e. The van der Waals surface area contributed by atoms with Crippen molar-refractivity contribution in [2.75, 3.05) is 12.4 Å². The van der Waals surface area contributed by atoms with Gasteiger partial charge in [-0.3, -0.25) is 4.79 Å². The molecule has 0 aliphatic carbocycles. The molecule has 0 heterocycles. The molecule has 0 radical (unpaired) electrons. The second kappa shape index (κ2) is 10.0. The van der Waals surface area contributed by atoms with Crippen LogP contribution in [0.3, 0.4) is 0 Å². The Hall–Kier alpha value is -3.80. The quantitative estimate of drug-likeness (QED) is 0.529. The van der Waals surface area contributed by atoms with Crippen molar-refractivity contribution in [1.29, 1.82) is 0 Å². The summed E-state index contributed by atoms with van der Waals surface area (Å²) in [6.45, 7) is 5.73. The van der Waals surface area contributed by atoms with E-state index in [1.807, 2.05) is 63.2 Å². The van der Waals surface area contributed by atoms with Gasteiger partial charge >= 0.3 is 6.09 Å². The molecular formula is C26H28N2O4. The van der Waals surface area contributed by atoms with Gasteiger partial charge in [0, 0.05) is 17.8 Å². The van der Waals surface area contributed by atoms with Gasteiger partial charge in [0.05, 0.1) is 7.11 Å². The molecule has 0 atom stereocenters. The largest absolute Gasteiger partial charge is 0.497 e. The number of carbonyl (C=O) groups excluding carboxylic acids is 2. The molecule has 32 heavy (non-hydrogen) atoms. The molecule has 0 aliphatic rings. The average Bonchev–Trinajstić information content (AvgIpc) is 2.77. The van der Waals surface area contributed by atoms with Gasteiger partial charge in [-0.2, -0.15) is 0 Å². The van der Waals surface area contributed by atoms with Crippen LogP contribution in [0.15, 0.2) is 72.8 Å². The molecule has 0 fully saturated rings. The Morgan fingerprint density at radius 1 is 0.844 bits per heavy atom. The number of carbonyl (C=O) groups is 2. The number of anilines is 1. The molecule has 0 spiro atoms. The van der Waals surface area contributed by atoms with E-state index < -0.39 is 11.7 Å². The molecule has 2 amide bonds. The van der Waals surface area contributed by atoms with E-state index in [1.165, 1.54) is 0 Å². The van der Waals surface area contributed by atoms with Crippen LogP contribution in [0.25, 0.3) is 11.1 Å². The lowest BCUT2D eigenvalue weighted by Gasteiger charge is -2.20. The lowest BCUT2D eigenvalue weighted by atomic mass is 9.95. The first-order valence-electron chi connectivity index (χ1n) is 10.4. The minimum absolute atomic E-state index is 0.222. The molecule has 6 heteroatoms. The zero-order chi connectivity index (χ0) is 23.1. The number of hydrogen-bond acceptors (Lipinski definition) is 4. The number of methoxy groups -OCH3 is 1. The van der Waals surface area contributed by atoms with E-state index in [9.17, 15) is 9.59 Å². The monoisotopic (exact) mass is 432 g/mol. The van der Waals surface area contributed by atoms with Gasteiger partial charge in [0.1, 0.15) is 11.4 Å². The minimum atomic E-state index is -0.574. The molecule has 3 rings (SSSR count). The zero-order valence-corrected chi connectivity index (χ0v) is 18.8. The van der Waals surface area contributed by atoms with E-state index >= 15 is 0 Å². The van der Waals surface area contributed by atoms with Crippen LogP contribution in [0, 0.1) is 0 Å². The Balaban J connectivity index is 1.83. The second-order valence-electron chi connectivity index (χ2n) is 8.24. The topological polar surface area (TPSA) is 76.7 Å². The number of hydrogen-bond donors (Lipinski definition) is 2. The Kier molecular flexibility index (Phi) is 7.15. The van der Waals surface area contributed by atoms with Crippen molar-refractivity contribution >= 4 is 17.7 Å². The molecule has 0 unspecified atom stereocenters. The minimum Gasteiger partial charge on any atom is -0.497 e. The number of alkyl carbamates (subject to hydrolysis) is 1. The fraction of sp³-hybridized carbons (Fsp3) is 0.231. The van der Waals surface area contributed by atoms with Gasteiger partial charge in [-0.15, -0.1) is 0 Å². The van der Waals surface area contributed by atoms with E-state index in [2.05, 4.69) is 10.6 Å². The molecule has 166 valence electrons. The van der Waals surface area contributed by atoms with Crippen LogP contribution in [0.1, 0.15) is 36.7 Å². The SMILES string of the molecule is COc1ccc(NC(=O)c2ccccc2-c2ccccc2CNC(=O)OC(C)(C)C)cc1. The summed E-state index contributed by atoms with van der Waals surface area (Å²) in [4.78, 5) is 25.2. The molecule has 0 aromatic heterocycles. The van der Waals surface area contributed by atoms with Crippen molar-refractivity contribution in [3.8, 4) is 16.9 Å². The van der Waals surface area contributed by atoms with Gasteiger partial charge in [-0.1, -0.05) is 42.5 Å². The van der Waals surface area contributed by atoms with Crippen molar-refractivity contribution in [3.63, 3.8) is 0 Å². The van der Waals surface area contributed by atoms with Crippen molar-refractivity contribution in [1.82, 2.24) is 5.32 Å². The van der Waals surface area contributed by atoms with Crippen LogP contribution < -0.4 is 15.4 Å². The Morgan fingerprint density at radius 3 is 2.12 bits per heavy atom. The van der Waals surface area contributed by atoms with Crippen molar-refractivity contribution in [2.24, 2.45) is 0 Å². The third kappa shape index (κ3) is 6.11. The maximum atomic E-state index is 13.1. The number of rotatable bonds is 6. The van der Waals surface area contributed by atoms with Crippen LogP contribution in [0.5, 0.6) is 5.75 Å². The van der Waals surface area contributed by atoms with E-state index in [0.717, 1.165) is 22.4 Å². The Bertz CT molecular complexity index is 1090. The van der Waals surface area contributed by atoms with Gasteiger partial charge in [0.15, 0.2) is 0 Å². The van der Waals surface area contributed by atoms with Crippen LogP contribution in [0.4, 0.5) is 10.5 Å². The summed E-state index contributed by atoms with van der Waals surface area (Å²) >= 11 is 0. The summed E-state index contributed by atoms with van der Waals surface area (Å²) in [6.07, 6.45) is -0.488. The molecule has 3 aromatic carbocycles. The second-order valence-corrected chi connectivity index (χ2v) is 8.24. The summed E-state index contributed by atoms with van der Waals surface area (Å²) in [7, 11) is 1.60. The van der Waals surface area contributed by atoms with Crippen molar-refractivity contribution in [3.05, 3.63) is 83.9 Å². The van der Waals surface area contributed by atoms with E-state index in [-0.39, 0.29) is 12.5 Å². The predicted octanol–water partition coefficient (Wildman–Crippen LogP) is 5.64. The van der Waals surface area contributed by atoms with Crippen LogP contribution in [0.2, 0.25) is 0 Å². The van der Waals surface area contributed by atoms with Crippen LogP contribution in [-0.4, -0.2) is 24.7 Å². The maximum absolute atomic E-state index is 13.1. The molecule has 6 nitrogen and oxygen atoms in total. The molecule has 0 aliphatic heterocycles. The molecule has 2 N–H and O–H groups in total. The molecule has 0 saturated carbocycles. The summed E-state index contributed by atoms with van der Waals surface area (Å²) in [5.74, 6) is 0.496. The van der Waals surface area contributed by atoms with E-state index in [0.29, 0.717) is 11.3 Å². The van der Waals surface area contributed by atoms with E-state index in [1.54, 1.807) is 37.4 Å². The summed E-state index contributed by atoms with van der Waals surface area (Å²) in [5, 5.41) is 5.72.